The van der Waals surface area contributed by atoms with E-state index in [1.807, 2.05) is 42.5 Å². The fourth-order valence-corrected chi connectivity index (χ4v) is 5.69. The summed E-state index contributed by atoms with van der Waals surface area (Å²) in [6.07, 6.45) is -0.726. The van der Waals surface area contributed by atoms with Crippen LogP contribution < -0.4 is 9.47 Å². The minimum Gasteiger partial charge on any atom is -0.485 e. The van der Waals surface area contributed by atoms with Crippen LogP contribution in [-0.4, -0.2) is 62.4 Å². The fraction of sp³-hybridized carbons (Fsp3) is 0.261. The number of nitrogens with zero attached hydrogens (tertiary/aromatic N) is 2. The van der Waals surface area contributed by atoms with Crippen molar-refractivity contribution >= 4 is 26.7 Å². The maximum absolute atomic E-state index is 13.3. The summed E-state index contributed by atoms with van der Waals surface area (Å²) in [5.41, 5.74) is 0. The molecule has 0 radical (unpaired) electrons. The van der Waals surface area contributed by atoms with E-state index >= 15 is 0 Å². The summed E-state index contributed by atoms with van der Waals surface area (Å²) < 4.78 is 39.5. The number of para-hydroxylation sites is 2. The Balaban J connectivity index is 1.28. The second-order valence-corrected chi connectivity index (χ2v) is 9.48. The molecule has 0 saturated carbocycles. The van der Waals surface area contributed by atoms with Crippen molar-refractivity contribution in [1.29, 1.82) is 0 Å². The molecule has 3 aromatic rings. The lowest BCUT2D eigenvalue weighted by molar-refractivity contribution is -0.142. The van der Waals surface area contributed by atoms with Crippen molar-refractivity contribution in [3.05, 3.63) is 66.7 Å². The first-order valence-corrected chi connectivity index (χ1v) is 11.6. The average Bonchev–Trinajstić information content (AvgIpc) is 2.83. The van der Waals surface area contributed by atoms with E-state index in [1.165, 1.54) is 4.31 Å². The minimum absolute atomic E-state index is 0.143. The summed E-state index contributed by atoms with van der Waals surface area (Å²) >= 11 is 0. The third-order valence-corrected chi connectivity index (χ3v) is 7.66. The molecule has 1 atom stereocenters. The molecule has 1 amide bonds. The zero-order valence-electron chi connectivity index (χ0n) is 16.8. The number of hydrogen-bond donors (Lipinski definition) is 0. The lowest BCUT2D eigenvalue weighted by atomic mass is 10.1. The number of benzene rings is 3. The van der Waals surface area contributed by atoms with Gasteiger partial charge in [0.25, 0.3) is 5.91 Å². The number of amides is 1. The van der Waals surface area contributed by atoms with Crippen LogP contribution in [0.2, 0.25) is 0 Å². The van der Waals surface area contributed by atoms with Crippen molar-refractivity contribution in [1.82, 2.24) is 9.21 Å². The van der Waals surface area contributed by atoms with Gasteiger partial charge in [0.15, 0.2) is 11.5 Å². The van der Waals surface area contributed by atoms with Crippen LogP contribution in [0.1, 0.15) is 0 Å². The van der Waals surface area contributed by atoms with Gasteiger partial charge in [0.2, 0.25) is 16.1 Å². The molecule has 5 rings (SSSR count). The van der Waals surface area contributed by atoms with Gasteiger partial charge in [-0.25, -0.2) is 8.42 Å². The van der Waals surface area contributed by atoms with E-state index in [-0.39, 0.29) is 25.6 Å². The average molecular weight is 439 g/mol. The van der Waals surface area contributed by atoms with Crippen LogP contribution >= 0.6 is 0 Å². The maximum Gasteiger partial charge on any atom is 0.267 e. The summed E-state index contributed by atoms with van der Waals surface area (Å²) in [4.78, 5) is 14.9. The fourth-order valence-electron chi connectivity index (χ4n) is 4.05. The summed E-state index contributed by atoms with van der Waals surface area (Å²) in [6, 6.07) is 20.0. The molecule has 160 valence electrons. The van der Waals surface area contributed by atoms with Gasteiger partial charge in [0, 0.05) is 31.6 Å². The molecule has 1 saturated heterocycles. The second-order valence-electron chi connectivity index (χ2n) is 7.57. The Morgan fingerprint density at radius 2 is 1.52 bits per heavy atom. The van der Waals surface area contributed by atoms with Crippen LogP contribution in [0.5, 0.6) is 11.5 Å². The number of fused-ring (bicyclic) bond motifs is 2. The number of rotatable bonds is 3. The number of carbonyl (C=O) groups is 1. The minimum atomic E-state index is -3.66. The molecule has 0 N–H and O–H groups in total. The van der Waals surface area contributed by atoms with Crippen molar-refractivity contribution in [3.8, 4) is 11.5 Å². The van der Waals surface area contributed by atoms with Crippen LogP contribution in [0.4, 0.5) is 0 Å². The molecule has 1 fully saturated rings. The summed E-state index contributed by atoms with van der Waals surface area (Å²) in [5, 5.41) is 1.59. The first-order valence-electron chi connectivity index (χ1n) is 10.2. The highest BCUT2D eigenvalue weighted by Crippen LogP contribution is 2.31. The number of ether oxygens (including phenoxy) is 2. The molecule has 0 aliphatic carbocycles. The largest absolute Gasteiger partial charge is 0.485 e. The van der Waals surface area contributed by atoms with Crippen LogP contribution in [-0.2, 0) is 14.8 Å². The van der Waals surface area contributed by atoms with E-state index in [0.29, 0.717) is 34.9 Å². The van der Waals surface area contributed by atoms with Gasteiger partial charge < -0.3 is 14.4 Å². The zero-order chi connectivity index (χ0) is 21.4. The number of hydrogen-bond acceptors (Lipinski definition) is 5. The van der Waals surface area contributed by atoms with Gasteiger partial charge in [-0.2, -0.15) is 4.31 Å². The van der Waals surface area contributed by atoms with Gasteiger partial charge in [-0.15, -0.1) is 0 Å². The summed E-state index contributed by atoms with van der Waals surface area (Å²) in [7, 11) is -3.66. The molecule has 2 aliphatic heterocycles. The summed E-state index contributed by atoms with van der Waals surface area (Å²) in [6.45, 7) is 1.24. The third-order valence-electron chi connectivity index (χ3n) is 5.70. The van der Waals surface area contributed by atoms with Crippen molar-refractivity contribution in [2.45, 2.75) is 11.0 Å². The van der Waals surface area contributed by atoms with Crippen molar-refractivity contribution in [2.24, 2.45) is 0 Å². The molecule has 0 spiro atoms. The van der Waals surface area contributed by atoms with Gasteiger partial charge in [0.05, 0.1) is 4.90 Å². The van der Waals surface area contributed by atoms with E-state index < -0.39 is 16.1 Å². The van der Waals surface area contributed by atoms with Crippen molar-refractivity contribution in [2.75, 3.05) is 32.8 Å². The SMILES string of the molecule is O=C(C1COc2ccccc2O1)N1CCN(S(=O)(=O)c2cccc3ccccc23)CC1. The highest BCUT2D eigenvalue weighted by Gasteiger charge is 2.35. The summed E-state index contributed by atoms with van der Waals surface area (Å²) in [5.74, 6) is 0.985. The molecule has 3 aromatic carbocycles. The van der Waals surface area contributed by atoms with Gasteiger partial charge in [-0.1, -0.05) is 48.5 Å². The van der Waals surface area contributed by atoms with Gasteiger partial charge >= 0.3 is 0 Å². The first kappa shape index (κ1) is 19.8. The van der Waals surface area contributed by atoms with Gasteiger partial charge in [-0.05, 0) is 23.6 Å². The van der Waals surface area contributed by atoms with Crippen LogP contribution in [0, 0.1) is 0 Å². The molecule has 1 unspecified atom stereocenters. The number of sulfonamides is 1. The highest BCUT2D eigenvalue weighted by atomic mass is 32.2. The second kappa shape index (κ2) is 7.86. The molecule has 7 nitrogen and oxygen atoms in total. The third kappa shape index (κ3) is 3.62. The van der Waals surface area contributed by atoms with Crippen LogP contribution in [0.15, 0.2) is 71.6 Å². The Morgan fingerprint density at radius 1 is 0.839 bits per heavy atom. The lowest BCUT2D eigenvalue weighted by Gasteiger charge is -2.36. The molecule has 8 heteroatoms. The molecule has 31 heavy (non-hydrogen) atoms. The maximum atomic E-state index is 13.3. The van der Waals surface area contributed by atoms with E-state index in [4.69, 9.17) is 9.47 Å². The highest BCUT2D eigenvalue weighted by molar-refractivity contribution is 7.89. The first-order chi connectivity index (χ1) is 15.0. The van der Waals surface area contributed by atoms with E-state index in [1.54, 1.807) is 29.2 Å². The van der Waals surface area contributed by atoms with Crippen LogP contribution in [0.3, 0.4) is 0 Å². The zero-order valence-corrected chi connectivity index (χ0v) is 17.6. The van der Waals surface area contributed by atoms with Crippen molar-refractivity contribution < 1.29 is 22.7 Å². The topological polar surface area (TPSA) is 76.2 Å². The standard InChI is InChI=1S/C23H22N2O5S/c26-23(21-16-29-19-9-3-4-10-20(19)30-21)24-12-14-25(15-13-24)31(27,28)22-11-5-7-17-6-1-2-8-18(17)22/h1-11,21H,12-16H2. The predicted octanol–water partition coefficient (Wildman–Crippen LogP) is 2.51. The molecule has 2 aliphatic rings. The lowest BCUT2D eigenvalue weighted by Crippen LogP contribution is -2.55. The predicted molar refractivity (Wildman–Crippen MR) is 116 cm³/mol. The smallest absolute Gasteiger partial charge is 0.267 e. The van der Waals surface area contributed by atoms with E-state index in [9.17, 15) is 13.2 Å². The molecule has 2 heterocycles. The number of carbonyl (C=O) groups excluding carboxylic acids is 1. The van der Waals surface area contributed by atoms with Gasteiger partial charge in [0.1, 0.15) is 6.61 Å². The number of piperazine rings is 1. The molecular formula is C23H22N2O5S. The van der Waals surface area contributed by atoms with E-state index in [0.717, 1.165) is 5.39 Å². The normalized spacial score (nSPS) is 19.4. The molecule has 0 bridgehead atoms. The van der Waals surface area contributed by atoms with Crippen molar-refractivity contribution in [3.63, 3.8) is 0 Å². The Bertz CT molecular complexity index is 1230. The molecular weight excluding hydrogens is 416 g/mol. The Kier molecular flexibility index (Phi) is 5.03. The quantitative estimate of drug-likeness (QED) is 0.628. The van der Waals surface area contributed by atoms with Crippen LogP contribution in [0.25, 0.3) is 10.8 Å². The Hall–Kier alpha value is -3.10. The molecule has 0 aromatic heterocycles. The monoisotopic (exact) mass is 438 g/mol. The van der Waals surface area contributed by atoms with E-state index in [2.05, 4.69) is 0 Å². The Labute approximate surface area is 180 Å². The Morgan fingerprint density at radius 3 is 2.32 bits per heavy atom. The van der Waals surface area contributed by atoms with Gasteiger partial charge in [-0.3, -0.25) is 4.79 Å².